The van der Waals surface area contributed by atoms with E-state index in [0.29, 0.717) is 21.8 Å². The number of hydrazone groups is 1. The third kappa shape index (κ3) is 8.46. The summed E-state index contributed by atoms with van der Waals surface area (Å²) >= 11 is 1.26. The number of esters is 1. The summed E-state index contributed by atoms with van der Waals surface area (Å²) in [7, 11) is 3.09. The van der Waals surface area contributed by atoms with Crippen molar-refractivity contribution in [1.82, 2.24) is 25.2 Å². The molecule has 0 saturated carbocycles. The highest BCUT2D eigenvalue weighted by Crippen LogP contribution is 2.41. The van der Waals surface area contributed by atoms with Gasteiger partial charge in [0.05, 0.1) is 35.4 Å². The third-order valence-electron chi connectivity index (χ3n) is 8.33. The number of benzene rings is 2. The normalized spacial score (nSPS) is 14.8. The summed E-state index contributed by atoms with van der Waals surface area (Å²) in [5, 5.41) is 32.2. The molecule has 1 aliphatic rings. The second kappa shape index (κ2) is 16.0. The number of halogens is 2. The number of amides is 1. The van der Waals surface area contributed by atoms with Crippen LogP contribution in [0, 0.1) is 23.0 Å². The number of anilines is 1. The summed E-state index contributed by atoms with van der Waals surface area (Å²) in [6.45, 7) is 3.00. The molecule has 0 aliphatic carbocycles. The molecule has 16 heteroatoms. The van der Waals surface area contributed by atoms with E-state index in [1.165, 1.54) is 40.8 Å². The molecule has 2 N–H and O–H groups in total. The van der Waals surface area contributed by atoms with Crippen molar-refractivity contribution < 1.29 is 33.0 Å². The zero-order chi connectivity index (χ0) is 36.7. The van der Waals surface area contributed by atoms with Crippen LogP contribution in [0.4, 0.5) is 19.4 Å². The molecule has 0 bridgehead atoms. The van der Waals surface area contributed by atoms with Crippen LogP contribution in [-0.4, -0.2) is 83.5 Å². The van der Waals surface area contributed by atoms with E-state index in [1.54, 1.807) is 67.6 Å². The molecule has 4 aromatic rings. The predicted octanol–water partition coefficient (Wildman–Crippen LogP) is 4.75. The number of hydrogen-bond acceptors (Lipinski definition) is 13. The van der Waals surface area contributed by atoms with Gasteiger partial charge >= 0.3 is 12.1 Å². The van der Waals surface area contributed by atoms with Crippen LogP contribution in [-0.2, 0) is 26.5 Å². The number of carbonyl (C=O) groups excluding carboxylic acids is 2. The summed E-state index contributed by atoms with van der Waals surface area (Å²) < 4.78 is 40.8. The Balaban J connectivity index is 1.29. The number of aromatic nitrogens is 2. The van der Waals surface area contributed by atoms with Crippen molar-refractivity contribution >= 4 is 35.6 Å². The molecule has 1 amide bonds. The second-order valence-corrected chi connectivity index (χ2v) is 12.7. The maximum Gasteiger partial charge on any atom is 0.417 e. The minimum atomic E-state index is -2.01. The molecule has 3 atom stereocenters. The van der Waals surface area contributed by atoms with E-state index in [1.807, 2.05) is 0 Å². The Morgan fingerprint density at radius 3 is 2.69 bits per heavy atom. The summed E-state index contributed by atoms with van der Waals surface area (Å²) in [4.78, 5) is 36.8. The molecule has 2 aromatic heterocycles. The van der Waals surface area contributed by atoms with Crippen molar-refractivity contribution in [3.05, 3.63) is 99.5 Å². The molecule has 0 fully saturated rings. The second-order valence-electron chi connectivity index (χ2n) is 11.8. The number of rotatable bonds is 13. The lowest BCUT2D eigenvalue weighted by Crippen LogP contribution is -2.46. The molecule has 266 valence electrons. The first-order valence-corrected chi connectivity index (χ1v) is 16.7. The number of nitriles is 1. The molecule has 2 aromatic carbocycles. The highest BCUT2D eigenvalue weighted by Gasteiger charge is 2.43. The lowest BCUT2D eigenvalue weighted by Gasteiger charge is -2.37. The lowest BCUT2D eigenvalue weighted by molar-refractivity contribution is -0.143. The van der Waals surface area contributed by atoms with Crippen molar-refractivity contribution in [2.75, 3.05) is 38.8 Å². The van der Waals surface area contributed by atoms with Crippen molar-refractivity contribution in [3.63, 3.8) is 0 Å². The SMILES string of the molecule is CNCC(=O)OCc1cccnc1N(C)C(=O)OC(C)N1C=NN(CC(O)(c2cc(F)ccc2F)[C@@H](C)c2nc(-c3ccc(C#N)cc3)cs2)C1. The average molecular weight is 719 g/mol. The van der Waals surface area contributed by atoms with Gasteiger partial charge in [0.2, 0.25) is 0 Å². The van der Waals surface area contributed by atoms with Crippen LogP contribution < -0.4 is 10.2 Å². The number of nitrogens with zero attached hydrogens (tertiary/aromatic N) is 7. The first-order chi connectivity index (χ1) is 24.4. The van der Waals surface area contributed by atoms with E-state index < -0.39 is 41.4 Å². The number of ether oxygens (including phenoxy) is 2. The van der Waals surface area contributed by atoms with Gasteiger partial charge in [-0.05, 0) is 50.4 Å². The van der Waals surface area contributed by atoms with Crippen molar-refractivity contribution in [3.8, 4) is 17.3 Å². The predicted molar refractivity (Wildman–Crippen MR) is 185 cm³/mol. The minimum absolute atomic E-state index is 0.0264. The van der Waals surface area contributed by atoms with Gasteiger partial charge < -0.3 is 24.8 Å². The first kappa shape index (κ1) is 36.8. The van der Waals surface area contributed by atoms with Crippen LogP contribution in [0.25, 0.3) is 11.3 Å². The number of carbonyl (C=O) groups is 2. The summed E-state index contributed by atoms with van der Waals surface area (Å²) in [6, 6.07) is 15.2. The Bertz CT molecular complexity index is 1940. The Hall–Kier alpha value is -5.50. The van der Waals surface area contributed by atoms with Crippen LogP contribution >= 0.6 is 11.3 Å². The summed E-state index contributed by atoms with van der Waals surface area (Å²) in [5.41, 5.74) is 0.0773. The Kier molecular flexibility index (Phi) is 11.6. The highest BCUT2D eigenvalue weighted by molar-refractivity contribution is 7.10. The van der Waals surface area contributed by atoms with Gasteiger partial charge in [0, 0.05) is 41.2 Å². The number of β-amino-alcohol motifs (C(OH)–C–C–N with tert-alkyl or cyclic N) is 1. The highest BCUT2D eigenvalue weighted by atomic mass is 32.1. The van der Waals surface area contributed by atoms with Crippen LogP contribution in [0.5, 0.6) is 0 Å². The fourth-order valence-corrected chi connectivity index (χ4v) is 6.35. The quantitative estimate of drug-likeness (QED) is 0.184. The van der Waals surface area contributed by atoms with E-state index in [0.717, 1.165) is 23.8 Å². The number of hydrogen-bond donors (Lipinski definition) is 2. The zero-order valence-electron chi connectivity index (χ0n) is 28.3. The molecule has 3 heterocycles. The fraction of sp³-hybridized carbons (Fsp3) is 0.314. The third-order valence-corrected chi connectivity index (χ3v) is 9.36. The molecule has 1 aliphatic heterocycles. The van der Waals surface area contributed by atoms with Crippen LogP contribution in [0.3, 0.4) is 0 Å². The molecular formula is C35H36F2N8O5S. The molecule has 5 rings (SSSR count). The van der Waals surface area contributed by atoms with Crippen LogP contribution in [0.15, 0.2) is 71.3 Å². The van der Waals surface area contributed by atoms with Gasteiger partial charge in [0.25, 0.3) is 0 Å². The number of pyridine rings is 1. The van der Waals surface area contributed by atoms with E-state index in [2.05, 4.69) is 21.5 Å². The summed E-state index contributed by atoms with van der Waals surface area (Å²) in [6.07, 6.45) is 1.32. The maximum absolute atomic E-state index is 15.3. The largest absolute Gasteiger partial charge is 0.460 e. The van der Waals surface area contributed by atoms with Crippen molar-refractivity contribution in [1.29, 1.82) is 5.26 Å². The molecule has 2 unspecified atom stereocenters. The first-order valence-electron chi connectivity index (χ1n) is 15.8. The molecule has 13 nitrogen and oxygen atoms in total. The number of likely N-dealkylation sites (N-methyl/N-ethyl adjacent to an activating group) is 1. The van der Waals surface area contributed by atoms with Gasteiger partial charge in [-0.15, -0.1) is 11.3 Å². The molecule has 0 spiro atoms. The molecule has 0 radical (unpaired) electrons. The number of thiazole rings is 1. The van der Waals surface area contributed by atoms with Crippen molar-refractivity contribution in [2.45, 2.75) is 38.2 Å². The van der Waals surface area contributed by atoms with Gasteiger partial charge in [0.15, 0.2) is 6.23 Å². The van der Waals surface area contributed by atoms with Gasteiger partial charge in [-0.3, -0.25) is 14.7 Å². The Labute approximate surface area is 297 Å². The van der Waals surface area contributed by atoms with Gasteiger partial charge in [0.1, 0.15) is 42.7 Å². The number of nitrogens with one attached hydrogen (secondary N) is 1. The Morgan fingerprint density at radius 1 is 1.20 bits per heavy atom. The van der Waals surface area contributed by atoms with E-state index in [-0.39, 0.29) is 37.7 Å². The van der Waals surface area contributed by atoms with Gasteiger partial charge in [-0.25, -0.2) is 23.5 Å². The monoisotopic (exact) mass is 718 g/mol. The fourth-order valence-electron chi connectivity index (χ4n) is 5.38. The topological polar surface area (TPSA) is 157 Å². The smallest absolute Gasteiger partial charge is 0.417 e. The minimum Gasteiger partial charge on any atom is -0.460 e. The van der Waals surface area contributed by atoms with Crippen molar-refractivity contribution in [2.24, 2.45) is 5.10 Å². The molecular weight excluding hydrogens is 682 g/mol. The van der Waals surface area contributed by atoms with Crippen LogP contribution in [0.2, 0.25) is 0 Å². The maximum atomic E-state index is 15.3. The molecule has 0 saturated heterocycles. The zero-order valence-corrected chi connectivity index (χ0v) is 29.1. The summed E-state index contributed by atoms with van der Waals surface area (Å²) in [5.74, 6) is -2.58. The van der Waals surface area contributed by atoms with Gasteiger partial charge in [-0.1, -0.05) is 25.1 Å². The van der Waals surface area contributed by atoms with E-state index in [9.17, 15) is 19.1 Å². The molecule has 51 heavy (non-hydrogen) atoms. The standard InChI is InChI=1S/C35H36F2N8O5S/c1-22(33-42-30(18-51-33)25-9-7-24(15-38)8-10-25)35(48,28-14-27(36)11-12-29(28)37)19-45-21-44(20-41-45)23(2)50-34(47)43(4)32-26(6-5-13-40-32)17-49-31(46)16-39-3/h5-14,18,20,22-23,39,48H,16-17,19,21H2,1-4H3/t22-,23?,35?/m0/s1. The van der Waals surface area contributed by atoms with Gasteiger partial charge in [-0.2, -0.15) is 10.4 Å². The Morgan fingerprint density at radius 2 is 1.96 bits per heavy atom. The van der Waals surface area contributed by atoms with Crippen LogP contribution in [0.1, 0.15) is 41.5 Å². The van der Waals surface area contributed by atoms with E-state index in [4.69, 9.17) is 19.7 Å². The number of aliphatic hydroxyl groups is 1. The van der Waals surface area contributed by atoms with E-state index >= 15 is 4.39 Å². The average Bonchev–Trinajstić information content (AvgIpc) is 3.82. The lowest BCUT2D eigenvalue weighted by atomic mass is 9.81.